The number of para-hydroxylation sites is 1. The first-order valence-electron chi connectivity index (χ1n) is 12.7. The van der Waals surface area contributed by atoms with Gasteiger partial charge in [-0.15, -0.1) is 11.3 Å². The van der Waals surface area contributed by atoms with E-state index in [1.54, 1.807) is 4.57 Å². The van der Waals surface area contributed by atoms with Gasteiger partial charge in [0.15, 0.2) is 5.16 Å². The maximum atomic E-state index is 13.4. The van der Waals surface area contributed by atoms with Crippen LogP contribution in [0.4, 0.5) is 0 Å². The molecule has 38 heavy (non-hydrogen) atoms. The fourth-order valence-corrected chi connectivity index (χ4v) is 6.62. The maximum absolute atomic E-state index is 13.4. The highest BCUT2D eigenvalue weighted by atomic mass is 32.2. The summed E-state index contributed by atoms with van der Waals surface area (Å²) < 4.78 is 7.21. The van der Waals surface area contributed by atoms with Crippen LogP contribution in [0.15, 0.2) is 74.7 Å². The summed E-state index contributed by atoms with van der Waals surface area (Å²) in [5, 5.41) is 3.84. The van der Waals surface area contributed by atoms with Crippen molar-refractivity contribution in [2.24, 2.45) is 0 Å². The van der Waals surface area contributed by atoms with Crippen molar-refractivity contribution in [1.82, 2.24) is 24.4 Å². The Kier molecular flexibility index (Phi) is 7.37. The summed E-state index contributed by atoms with van der Waals surface area (Å²) in [4.78, 5) is 42.1. The van der Waals surface area contributed by atoms with Crippen LogP contribution in [0.1, 0.15) is 12.2 Å². The Morgan fingerprint density at radius 2 is 1.76 bits per heavy atom. The van der Waals surface area contributed by atoms with E-state index in [1.807, 2.05) is 60.0 Å². The Labute approximate surface area is 227 Å². The molecule has 1 fully saturated rings. The van der Waals surface area contributed by atoms with Gasteiger partial charge in [0.2, 0.25) is 0 Å². The summed E-state index contributed by atoms with van der Waals surface area (Å²) in [5.41, 5.74) is 2.37. The molecule has 0 radical (unpaired) electrons. The Hall–Kier alpha value is -3.31. The highest BCUT2D eigenvalue weighted by Gasteiger charge is 2.16. The Morgan fingerprint density at radius 1 is 0.974 bits per heavy atom. The zero-order valence-corrected chi connectivity index (χ0v) is 22.4. The summed E-state index contributed by atoms with van der Waals surface area (Å²) in [6, 6.07) is 17.3. The number of fused-ring (bicyclic) bond motifs is 2. The molecule has 0 spiro atoms. The van der Waals surface area contributed by atoms with Gasteiger partial charge in [-0.05, 0) is 24.1 Å². The first-order chi connectivity index (χ1) is 18.7. The van der Waals surface area contributed by atoms with E-state index in [2.05, 4.69) is 9.88 Å². The van der Waals surface area contributed by atoms with E-state index in [-0.39, 0.29) is 11.1 Å². The van der Waals surface area contributed by atoms with Gasteiger partial charge in [0.25, 0.3) is 11.1 Å². The zero-order chi connectivity index (χ0) is 25.9. The van der Waals surface area contributed by atoms with Gasteiger partial charge in [-0.3, -0.25) is 19.1 Å². The van der Waals surface area contributed by atoms with Crippen molar-refractivity contribution in [3.05, 3.63) is 86.5 Å². The number of hydrogen-bond donors (Lipinski definition) is 1. The number of thiophene rings is 1. The standard InChI is InChI=1S/C28H27N5O3S2/c34-25-24-21(19-7-2-1-3-8-19)17-37-26(24)31-23(30-25)18-38-28-29-22-10-5-4-9-20(22)27(35)33(28)12-6-11-32-13-15-36-16-14-32/h1-5,7-10,17H,6,11-16,18H2,(H,30,31,34). The maximum Gasteiger partial charge on any atom is 0.262 e. The number of morpholine rings is 1. The minimum absolute atomic E-state index is 0.0391. The molecule has 1 aliphatic rings. The number of nitrogens with one attached hydrogen (secondary N) is 1. The third kappa shape index (κ3) is 5.17. The molecular formula is C28H27N5O3S2. The second-order valence-electron chi connectivity index (χ2n) is 9.17. The molecule has 8 nitrogen and oxygen atoms in total. The molecule has 5 aromatic rings. The Morgan fingerprint density at radius 3 is 2.61 bits per heavy atom. The number of rotatable bonds is 8. The minimum Gasteiger partial charge on any atom is -0.379 e. The van der Waals surface area contributed by atoms with Gasteiger partial charge in [0.05, 0.1) is 35.3 Å². The largest absolute Gasteiger partial charge is 0.379 e. The highest BCUT2D eigenvalue weighted by molar-refractivity contribution is 7.98. The molecule has 0 amide bonds. The minimum atomic E-state index is -0.153. The predicted molar refractivity (Wildman–Crippen MR) is 153 cm³/mol. The van der Waals surface area contributed by atoms with Gasteiger partial charge in [-0.1, -0.05) is 54.2 Å². The van der Waals surface area contributed by atoms with Gasteiger partial charge in [0, 0.05) is 37.1 Å². The average molecular weight is 546 g/mol. The van der Waals surface area contributed by atoms with Crippen LogP contribution in [0, 0.1) is 0 Å². The number of ether oxygens (including phenoxy) is 1. The summed E-state index contributed by atoms with van der Waals surface area (Å²) >= 11 is 2.89. The molecule has 0 aliphatic carbocycles. The first kappa shape index (κ1) is 25.0. The molecule has 0 bridgehead atoms. The fraction of sp³-hybridized carbons (Fsp3) is 0.286. The SMILES string of the molecule is O=c1[nH]c(CSc2nc3ccccc3c(=O)n2CCCN2CCOCC2)nc2scc(-c3ccccc3)c12. The van der Waals surface area contributed by atoms with Crippen molar-refractivity contribution < 1.29 is 4.74 Å². The monoisotopic (exact) mass is 545 g/mol. The summed E-state index contributed by atoms with van der Waals surface area (Å²) in [6.07, 6.45) is 0.839. The molecule has 4 heterocycles. The summed E-state index contributed by atoms with van der Waals surface area (Å²) in [5.74, 6) is 0.967. The number of H-pyrrole nitrogens is 1. The first-order valence-corrected chi connectivity index (χ1v) is 14.5. The Balaban J connectivity index is 1.26. The lowest BCUT2D eigenvalue weighted by Gasteiger charge is -2.26. The number of thioether (sulfide) groups is 1. The van der Waals surface area contributed by atoms with Crippen LogP contribution in [-0.2, 0) is 17.0 Å². The second-order valence-corrected chi connectivity index (χ2v) is 11.0. The lowest BCUT2D eigenvalue weighted by atomic mass is 10.1. The van der Waals surface area contributed by atoms with Crippen LogP contribution >= 0.6 is 23.1 Å². The number of aromatic amines is 1. The van der Waals surface area contributed by atoms with Crippen molar-refractivity contribution in [3.63, 3.8) is 0 Å². The third-order valence-electron chi connectivity index (χ3n) is 6.70. The molecule has 0 unspecified atom stereocenters. The predicted octanol–water partition coefficient (Wildman–Crippen LogP) is 4.38. The highest BCUT2D eigenvalue weighted by Crippen LogP contribution is 2.31. The van der Waals surface area contributed by atoms with E-state index >= 15 is 0 Å². The van der Waals surface area contributed by atoms with Crippen LogP contribution < -0.4 is 11.1 Å². The molecule has 1 aliphatic heterocycles. The van der Waals surface area contributed by atoms with Crippen molar-refractivity contribution in [2.75, 3.05) is 32.8 Å². The number of aromatic nitrogens is 4. The van der Waals surface area contributed by atoms with E-state index < -0.39 is 0 Å². The van der Waals surface area contributed by atoms with E-state index in [9.17, 15) is 9.59 Å². The van der Waals surface area contributed by atoms with Gasteiger partial charge in [0.1, 0.15) is 10.7 Å². The van der Waals surface area contributed by atoms with Crippen LogP contribution in [-0.4, -0.2) is 57.3 Å². The van der Waals surface area contributed by atoms with Gasteiger partial charge >= 0.3 is 0 Å². The molecule has 1 N–H and O–H groups in total. The van der Waals surface area contributed by atoms with E-state index in [0.717, 1.165) is 50.4 Å². The quantitative estimate of drug-likeness (QED) is 0.229. The van der Waals surface area contributed by atoms with Gasteiger partial charge in [-0.2, -0.15) is 0 Å². The van der Waals surface area contributed by atoms with Gasteiger partial charge in [-0.25, -0.2) is 9.97 Å². The molecule has 3 aromatic heterocycles. The van der Waals surface area contributed by atoms with E-state index in [4.69, 9.17) is 14.7 Å². The van der Waals surface area contributed by atoms with Crippen molar-refractivity contribution in [2.45, 2.75) is 23.9 Å². The number of benzene rings is 2. The lowest BCUT2D eigenvalue weighted by molar-refractivity contribution is 0.0368. The fourth-order valence-electron chi connectivity index (χ4n) is 4.76. The number of nitrogens with zero attached hydrogens (tertiary/aromatic N) is 4. The lowest BCUT2D eigenvalue weighted by Crippen LogP contribution is -2.37. The topological polar surface area (TPSA) is 93.1 Å². The molecule has 194 valence electrons. The molecule has 1 saturated heterocycles. The van der Waals surface area contributed by atoms with E-state index in [0.29, 0.717) is 44.4 Å². The van der Waals surface area contributed by atoms with E-state index in [1.165, 1.54) is 23.1 Å². The number of hydrogen-bond acceptors (Lipinski definition) is 8. The van der Waals surface area contributed by atoms with Crippen molar-refractivity contribution >= 4 is 44.2 Å². The molecule has 6 rings (SSSR count). The zero-order valence-electron chi connectivity index (χ0n) is 20.8. The second kappa shape index (κ2) is 11.2. The van der Waals surface area contributed by atoms with Crippen molar-refractivity contribution in [1.29, 1.82) is 0 Å². The summed E-state index contributed by atoms with van der Waals surface area (Å²) in [7, 11) is 0. The molecule has 10 heteroatoms. The van der Waals surface area contributed by atoms with Crippen LogP contribution in [0.2, 0.25) is 0 Å². The smallest absolute Gasteiger partial charge is 0.262 e. The van der Waals surface area contributed by atoms with Crippen LogP contribution in [0.5, 0.6) is 0 Å². The van der Waals surface area contributed by atoms with Crippen LogP contribution in [0.3, 0.4) is 0 Å². The van der Waals surface area contributed by atoms with Gasteiger partial charge < -0.3 is 9.72 Å². The van der Waals surface area contributed by atoms with Crippen LogP contribution in [0.25, 0.3) is 32.2 Å². The molecule has 0 atom stereocenters. The molecule has 0 saturated carbocycles. The Bertz CT molecular complexity index is 1690. The normalized spacial score (nSPS) is 14.4. The molecule has 2 aromatic carbocycles. The average Bonchev–Trinajstić information content (AvgIpc) is 3.39. The van der Waals surface area contributed by atoms with Crippen molar-refractivity contribution in [3.8, 4) is 11.1 Å². The molecular weight excluding hydrogens is 518 g/mol. The third-order valence-corrected chi connectivity index (χ3v) is 8.56. The summed E-state index contributed by atoms with van der Waals surface area (Å²) in [6.45, 7) is 4.83.